The van der Waals surface area contributed by atoms with Crippen molar-refractivity contribution in [2.45, 2.75) is 25.7 Å². The molecule has 0 aromatic heterocycles. The summed E-state index contributed by atoms with van der Waals surface area (Å²) in [5, 5.41) is 13.6. The second kappa shape index (κ2) is 6.27. The normalized spacial score (nSPS) is 17.4. The summed E-state index contributed by atoms with van der Waals surface area (Å²) in [6, 6.07) is 4.87. The summed E-state index contributed by atoms with van der Waals surface area (Å²) in [6.07, 6.45) is 4.74. The minimum absolute atomic E-state index is 0.0139. The predicted octanol–water partition coefficient (Wildman–Crippen LogP) is 3.84. The number of carbonyl (C=O) groups excluding carboxylic acids is 1. The molecule has 104 valence electrons. The maximum absolute atomic E-state index is 12.1. The molecular formula is C14H17Br2NO2. The summed E-state index contributed by atoms with van der Waals surface area (Å²) >= 11 is 6.87. The third-order valence-corrected chi connectivity index (χ3v) is 5.46. The first-order valence-corrected chi connectivity index (χ1v) is 8.30. The Bertz CT molecular complexity index is 471. The van der Waals surface area contributed by atoms with Gasteiger partial charge in [0.25, 0.3) is 5.91 Å². The average Bonchev–Trinajstić information content (AvgIpc) is 2.88. The fourth-order valence-electron chi connectivity index (χ4n) is 2.54. The van der Waals surface area contributed by atoms with Crippen molar-refractivity contribution in [2.75, 3.05) is 11.9 Å². The zero-order chi connectivity index (χ0) is 13.9. The highest BCUT2D eigenvalue weighted by molar-refractivity contribution is 9.10. The fraction of sp³-hybridized carbons (Fsp3) is 0.500. The molecule has 1 amide bonds. The van der Waals surface area contributed by atoms with Gasteiger partial charge in [0.1, 0.15) is 5.75 Å². The van der Waals surface area contributed by atoms with Gasteiger partial charge in [0.05, 0.1) is 5.56 Å². The van der Waals surface area contributed by atoms with Gasteiger partial charge in [-0.05, 0) is 36.5 Å². The SMILES string of the molecule is O=C(NCC1(CBr)CCCC1)c1cc(Br)ccc1O. The zero-order valence-corrected chi connectivity index (χ0v) is 13.8. The van der Waals surface area contributed by atoms with Crippen LogP contribution in [0.5, 0.6) is 5.75 Å². The second-order valence-electron chi connectivity index (χ2n) is 5.18. The monoisotopic (exact) mass is 389 g/mol. The average molecular weight is 391 g/mol. The van der Waals surface area contributed by atoms with E-state index in [1.165, 1.54) is 18.9 Å². The van der Waals surface area contributed by atoms with Gasteiger partial charge in [-0.3, -0.25) is 4.79 Å². The number of aromatic hydroxyl groups is 1. The number of hydrogen-bond acceptors (Lipinski definition) is 2. The van der Waals surface area contributed by atoms with Crippen molar-refractivity contribution >= 4 is 37.8 Å². The quantitative estimate of drug-likeness (QED) is 0.767. The fourth-order valence-corrected chi connectivity index (χ4v) is 3.66. The molecule has 0 aliphatic heterocycles. The largest absolute Gasteiger partial charge is 0.507 e. The first-order chi connectivity index (χ1) is 9.06. The molecule has 1 aliphatic rings. The lowest BCUT2D eigenvalue weighted by molar-refractivity contribution is 0.0933. The number of alkyl halides is 1. The van der Waals surface area contributed by atoms with E-state index >= 15 is 0 Å². The molecule has 1 aromatic rings. The van der Waals surface area contributed by atoms with E-state index in [4.69, 9.17) is 0 Å². The molecule has 1 aromatic carbocycles. The Balaban J connectivity index is 2.03. The van der Waals surface area contributed by atoms with Crippen molar-refractivity contribution in [3.8, 4) is 5.75 Å². The van der Waals surface area contributed by atoms with Crippen LogP contribution in [0.25, 0.3) is 0 Å². The maximum Gasteiger partial charge on any atom is 0.255 e. The van der Waals surface area contributed by atoms with Crippen LogP contribution >= 0.6 is 31.9 Å². The highest BCUT2D eigenvalue weighted by Crippen LogP contribution is 2.39. The highest BCUT2D eigenvalue weighted by atomic mass is 79.9. The third kappa shape index (κ3) is 3.51. The van der Waals surface area contributed by atoms with E-state index in [0.717, 1.165) is 22.6 Å². The van der Waals surface area contributed by atoms with Crippen molar-refractivity contribution in [1.82, 2.24) is 5.32 Å². The Morgan fingerprint density at radius 1 is 1.37 bits per heavy atom. The lowest BCUT2D eigenvalue weighted by atomic mass is 9.89. The number of amides is 1. The van der Waals surface area contributed by atoms with Crippen molar-refractivity contribution in [3.05, 3.63) is 28.2 Å². The Morgan fingerprint density at radius 3 is 2.68 bits per heavy atom. The lowest BCUT2D eigenvalue weighted by Crippen LogP contribution is -2.37. The third-order valence-electron chi connectivity index (χ3n) is 3.77. The van der Waals surface area contributed by atoms with Crippen LogP contribution in [0.2, 0.25) is 0 Å². The van der Waals surface area contributed by atoms with E-state index in [0.29, 0.717) is 12.1 Å². The van der Waals surface area contributed by atoms with Crippen LogP contribution in [0.4, 0.5) is 0 Å². The molecule has 1 aliphatic carbocycles. The molecule has 0 heterocycles. The second-order valence-corrected chi connectivity index (χ2v) is 6.66. The molecule has 1 saturated carbocycles. The first kappa shape index (κ1) is 14.9. The van der Waals surface area contributed by atoms with E-state index < -0.39 is 0 Å². The molecule has 19 heavy (non-hydrogen) atoms. The number of halogens is 2. The minimum atomic E-state index is -0.217. The van der Waals surface area contributed by atoms with E-state index in [9.17, 15) is 9.90 Å². The van der Waals surface area contributed by atoms with Gasteiger partial charge in [0, 0.05) is 16.3 Å². The number of phenolic OH excluding ortho intramolecular Hbond substituents is 1. The van der Waals surface area contributed by atoms with Gasteiger partial charge in [0.15, 0.2) is 0 Å². The summed E-state index contributed by atoms with van der Waals surface area (Å²) in [5.74, 6) is -0.203. The summed E-state index contributed by atoms with van der Waals surface area (Å²) in [7, 11) is 0. The number of hydrogen-bond donors (Lipinski definition) is 2. The van der Waals surface area contributed by atoms with Gasteiger partial charge < -0.3 is 10.4 Å². The first-order valence-electron chi connectivity index (χ1n) is 6.39. The van der Waals surface area contributed by atoms with E-state index in [-0.39, 0.29) is 17.1 Å². The molecule has 1 fully saturated rings. The number of rotatable bonds is 4. The molecule has 3 nitrogen and oxygen atoms in total. The highest BCUT2D eigenvalue weighted by Gasteiger charge is 2.33. The van der Waals surface area contributed by atoms with Crippen molar-refractivity contribution < 1.29 is 9.90 Å². The molecular weight excluding hydrogens is 374 g/mol. The van der Waals surface area contributed by atoms with Crippen molar-refractivity contribution in [1.29, 1.82) is 0 Å². The Morgan fingerprint density at radius 2 is 2.05 bits per heavy atom. The topological polar surface area (TPSA) is 49.3 Å². The Hall–Kier alpha value is -0.550. The van der Waals surface area contributed by atoms with Crippen molar-refractivity contribution in [2.24, 2.45) is 5.41 Å². The lowest BCUT2D eigenvalue weighted by Gasteiger charge is -2.26. The zero-order valence-electron chi connectivity index (χ0n) is 10.6. The molecule has 0 unspecified atom stereocenters. The van der Waals surface area contributed by atoms with Crippen LogP contribution in [0, 0.1) is 5.41 Å². The number of benzene rings is 1. The number of phenols is 1. The summed E-state index contributed by atoms with van der Waals surface area (Å²) in [5.41, 5.74) is 0.495. The van der Waals surface area contributed by atoms with Gasteiger partial charge in [-0.2, -0.15) is 0 Å². The van der Waals surface area contributed by atoms with Crippen LogP contribution in [0.3, 0.4) is 0 Å². The van der Waals surface area contributed by atoms with Crippen molar-refractivity contribution in [3.63, 3.8) is 0 Å². The molecule has 0 bridgehead atoms. The predicted molar refractivity (Wildman–Crippen MR) is 82.8 cm³/mol. The van der Waals surface area contributed by atoms with Gasteiger partial charge >= 0.3 is 0 Å². The maximum atomic E-state index is 12.1. The van der Waals surface area contributed by atoms with Gasteiger partial charge in [-0.1, -0.05) is 44.7 Å². The molecule has 5 heteroatoms. The van der Waals surface area contributed by atoms with Crippen LogP contribution in [-0.4, -0.2) is 22.9 Å². The number of carbonyl (C=O) groups is 1. The smallest absolute Gasteiger partial charge is 0.255 e. The molecule has 2 N–H and O–H groups in total. The van der Waals surface area contributed by atoms with E-state index in [1.807, 2.05) is 0 Å². The summed E-state index contributed by atoms with van der Waals surface area (Å²) < 4.78 is 0.784. The Kier molecular flexibility index (Phi) is 4.90. The molecule has 0 atom stereocenters. The van der Waals surface area contributed by atoms with Gasteiger partial charge in [-0.25, -0.2) is 0 Å². The van der Waals surface area contributed by atoms with Gasteiger partial charge in [-0.15, -0.1) is 0 Å². The van der Waals surface area contributed by atoms with Gasteiger partial charge in [0.2, 0.25) is 0 Å². The molecule has 0 saturated heterocycles. The Labute approximate surface area is 130 Å². The number of nitrogens with one attached hydrogen (secondary N) is 1. The van der Waals surface area contributed by atoms with E-state index in [1.54, 1.807) is 12.1 Å². The molecule has 0 radical (unpaired) electrons. The van der Waals surface area contributed by atoms with E-state index in [2.05, 4.69) is 37.2 Å². The van der Waals surface area contributed by atoms with Crippen LogP contribution in [0.1, 0.15) is 36.0 Å². The summed E-state index contributed by atoms with van der Waals surface area (Å²) in [4.78, 5) is 12.1. The van der Waals surface area contributed by atoms with Crippen LogP contribution in [-0.2, 0) is 0 Å². The van der Waals surface area contributed by atoms with Crippen LogP contribution < -0.4 is 5.32 Å². The van der Waals surface area contributed by atoms with Crippen LogP contribution in [0.15, 0.2) is 22.7 Å². The summed E-state index contributed by atoms with van der Waals surface area (Å²) in [6.45, 7) is 0.656. The standard InChI is InChI=1S/C14H17Br2NO2/c15-8-14(5-1-2-6-14)9-17-13(19)11-7-10(16)3-4-12(11)18/h3-4,7,18H,1-2,5-6,8-9H2,(H,17,19). The molecule has 2 rings (SSSR count). The minimum Gasteiger partial charge on any atom is -0.507 e. The molecule has 0 spiro atoms.